The molecule has 0 fully saturated rings. The largest absolute Gasteiger partial charge is 0.300 e. The third-order valence-corrected chi connectivity index (χ3v) is 6.85. The highest BCUT2D eigenvalue weighted by Crippen LogP contribution is 2.37. The van der Waals surface area contributed by atoms with E-state index in [9.17, 15) is 14.4 Å². The predicted octanol–water partition coefficient (Wildman–Crippen LogP) is 7.63. The quantitative estimate of drug-likeness (QED) is 0.331. The van der Waals surface area contributed by atoms with Crippen molar-refractivity contribution in [2.45, 2.75) is 113 Å². The fourth-order valence-electron chi connectivity index (χ4n) is 5.25. The summed E-state index contributed by atoms with van der Waals surface area (Å²) in [6.45, 7) is 14.2. The lowest BCUT2D eigenvalue weighted by Crippen LogP contribution is -2.30. The van der Waals surface area contributed by atoms with Crippen LogP contribution in [0, 0.1) is 31.6 Å². The van der Waals surface area contributed by atoms with Gasteiger partial charge < -0.3 is 0 Å². The first-order valence-electron chi connectivity index (χ1n) is 12.8. The molecule has 180 valence electrons. The number of benzene rings is 1. The summed E-state index contributed by atoms with van der Waals surface area (Å²) in [6, 6.07) is 4.15. The molecule has 3 heteroatoms. The third kappa shape index (κ3) is 8.30. The van der Waals surface area contributed by atoms with Crippen molar-refractivity contribution in [3.8, 4) is 0 Å². The standard InChI is InChI=1S/C24H34O3.C5H12/c1-6-8-19(20(7-2)22(26)11-17(5)25)12-18-13-21-15(3)9-10-16(4)24(21)23(27)14-18;1-3-5-4-2/h9-10,18-20H,6-8,11-14H2,1-5H3;3-5H2,1-2H3. The molecule has 0 aromatic heterocycles. The maximum absolute atomic E-state index is 12.8. The SMILES string of the molecule is CCCC(CC1CC(=O)c2c(C)ccc(C)c2C1)C(CC)C(=O)CC(C)=O.CCCCC. The molecule has 3 nitrogen and oxygen atoms in total. The van der Waals surface area contributed by atoms with E-state index in [0.717, 1.165) is 43.2 Å². The highest BCUT2D eigenvalue weighted by molar-refractivity contribution is 6.00. The zero-order valence-electron chi connectivity index (χ0n) is 21.7. The minimum Gasteiger partial charge on any atom is -0.300 e. The van der Waals surface area contributed by atoms with Crippen LogP contribution in [-0.4, -0.2) is 17.3 Å². The third-order valence-electron chi connectivity index (χ3n) is 6.85. The number of hydrogen-bond donors (Lipinski definition) is 0. The maximum atomic E-state index is 12.8. The number of unbranched alkanes of at least 4 members (excludes halogenated alkanes) is 2. The molecular formula is C29H46O3. The van der Waals surface area contributed by atoms with Gasteiger partial charge in [-0.3, -0.25) is 14.4 Å². The molecule has 0 heterocycles. The van der Waals surface area contributed by atoms with Crippen LogP contribution < -0.4 is 0 Å². The Labute approximate surface area is 196 Å². The van der Waals surface area contributed by atoms with Gasteiger partial charge in [0.25, 0.3) is 0 Å². The minimum atomic E-state index is -0.0658. The van der Waals surface area contributed by atoms with Gasteiger partial charge in [0.05, 0.1) is 6.42 Å². The number of ketones is 3. The fraction of sp³-hybridized carbons (Fsp3) is 0.690. The van der Waals surface area contributed by atoms with E-state index in [0.29, 0.717) is 12.3 Å². The lowest BCUT2D eigenvalue weighted by molar-refractivity contribution is -0.129. The summed E-state index contributed by atoms with van der Waals surface area (Å²) in [6.07, 6.45) is 9.29. The monoisotopic (exact) mass is 442 g/mol. The van der Waals surface area contributed by atoms with Crippen LogP contribution in [0.1, 0.15) is 119 Å². The van der Waals surface area contributed by atoms with Crippen molar-refractivity contribution < 1.29 is 14.4 Å². The Bertz CT molecular complexity index is 760. The van der Waals surface area contributed by atoms with E-state index >= 15 is 0 Å². The summed E-state index contributed by atoms with van der Waals surface area (Å²) in [7, 11) is 0. The van der Waals surface area contributed by atoms with E-state index in [1.54, 1.807) is 0 Å². The van der Waals surface area contributed by atoms with Crippen LogP contribution in [0.25, 0.3) is 0 Å². The molecule has 1 aromatic carbocycles. The zero-order chi connectivity index (χ0) is 24.3. The Morgan fingerprint density at radius 3 is 2.09 bits per heavy atom. The second-order valence-electron chi connectivity index (χ2n) is 9.75. The molecule has 0 saturated carbocycles. The molecule has 32 heavy (non-hydrogen) atoms. The van der Waals surface area contributed by atoms with Gasteiger partial charge in [-0.15, -0.1) is 0 Å². The summed E-state index contributed by atoms with van der Waals surface area (Å²) < 4.78 is 0. The minimum absolute atomic E-state index is 0.0451. The van der Waals surface area contributed by atoms with Crippen molar-refractivity contribution in [2.24, 2.45) is 17.8 Å². The lowest BCUT2D eigenvalue weighted by atomic mass is 9.71. The lowest BCUT2D eigenvalue weighted by Gasteiger charge is -2.32. The molecule has 0 saturated heterocycles. The topological polar surface area (TPSA) is 51.2 Å². The summed E-state index contributed by atoms with van der Waals surface area (Å²) in [5.74, 6) is 0.766. The Morgan fingerprint density at radius 2 is 1.59 bits per heavy atom. The van der Waals surface area contributed by atoms with Crippen molar-refractivity contribution in [1.29, 1.82) is 0 Å². The highest BCUT2D eigenvalue weighted by Gasteiger charge is 2.33. The Hall–Kier alpha value is -1.77. The first kappa shape index (κ1) is 28.3. The molecule has 1 aromatic rings. The molecule has 2 rings (SSSR count). The number of carbonyl (C=O) groups excluding carboxylic acids is 3. The smallest absolute Gasteiger partial charge is 0.163 e. The number of aryl methyl sites for hydroxylation is 2. The van der Waals surface area contributed by atoms with Crippen molar-refractivity contribution in [3.63, 3.8) is 0 Å². The average molecular weight is 443 g/mol. The Morgan fingerprint density at radius 1 is 0.969 bits per heavy atom. The van der Waals surface area contributed by atoms with Crippen LogP contribution in [0.2, 0.25) is 0 Å². The van der Waals surface area contributed by atoms with Gasteiger partial charge in [-0.05, 0) is 68.6 Å². The Kier molecular flexibility index (Phi) is 12.7. The van der Waals surface area contributed by atoms with Crippen molar-refractivity contribution >= 4 is 17.3 Å². The summed E-state index contributed by atoms with van der Waals surface area (Å²) >= 11 is 0. The summed E-state index contributed by atoms with van der Waals surface area (Å²) in [5, 5.41) is 0. The number of Topliss-reactive ketones (excluding diaryl/α,β-unsaturated/α-hetero) is 3. The number of rotatable bonds is 11. The van der Waals surface area contributed by atoms with Crippen LogP contribution in [0.5, 0.6) is 0 Å². The van der Waals surface area contributed by atoms with Gasteiger partial charge in [-0.2, -0.15) is 0 Å². The Balaban J connectivity index is 0.000000920. The molecule has 3 atom stereocenters. The normalized spacial score (nSPS) is 17.1. The number of fused-ring (bicyclic) bond motifs is 1. The predicted molar refractivity (Wildman–Crippen MR) is 134 cm³/mol. The van der Waals surface area contributed by atoms with E-state index in [-0.39, 0.29) is 35.6 Å². The van der Waals surface area contributed by atoms with Gasteiger partial charge in [0, 0.05) is 17.9 Å². The van der Waals surface area contributed by atoms with Gasteiger partial charge in [-0.25, -0.2) is 0 Å². The van der Waals surface area contributed by atoms with Crippen molar-refractivity contribution in [1.82, 2.24) is 0 Å². The highest BCUT2D eigenvalue weighted by atomic mass is 16.1. The summed E-state index contributed by atoms with van der Waals surface area (Å²) in [5.41, 5.74) is 4.40. The molecule has 0 N–H and O–H groups in total. The summed E-state index contributed by atoms with van der Waals surface area (Å²) in [4.78, 5) is 36.9. The van der Waals surface area contributed by atoms with E-state index in [1.165, 1.54) is 37.3 Å². The molecule has 1 aliphatic rings. The second-order valence-corrected chi connectivity index (χ2v) is 9.75. The van der Waals surface area contributed by atoms with Crippen molar-refractivity contribution in [3.05, 3.63) is 34.4 Å². The van der Waals surface area contributed by atoms with E-state index in [4.69, 9.17) is 0 Å². The van der Waals surface area contributed by atoms with Crippen LogP contribution in [0.4, 0.5) is 0 Å². The molecule has 3 unspecified atom stereocenters. The van der Waals surface area contributed by atoms with Crippen molar-refractivity contribution in [2.75, 3.05) is 0 Å². The molecule has 0 bridgehead atoms. The second kappa shape index (κ2) is 14.4. The molecular weight excluding hydrogens is 396 g/mol. The van der Waals surface area contributed by atoms with Gasteiger partial charge in [0.1, 0.15) is 11.6 Å². The van der Waals surface area contributed by atoms with Crippen LogP contribution in [-0.2, 0) is 16.0 Å². The number of carbonyl (C=O) groups is 3. The van der Waals surface area contributed by atoms with E-state index < -0.39 is 0 Å². The zero-order valence-corrected chi connectivity index (χ0v) is 21.7. The molecule has 0 radical (unpaired) electrons. The first-order valence-corrected chi connectivity index (χ1v) is 12.8. The molecule has 0 aliphatic heterocycles. The van der Waals surface area contributed by atoms with Crippen LogP contribution >= 0.6 is 0 Å². The molecule has 1 aliphatic carbocycles. The molecule has 0 spiro atoms. The average Bonchev–Trinajstić information content (AvgIpc) is 2.72. The van der Waals surface area contributed by atoms with Crippen LogP contribution in [0.15, 0.2) is 12.1 Å². The number of hydrogen-bond acceptors (Lipinski definition) is 3. The van der Waals surface area contributed by atoms with Gasteiger partial charge in [0.15, 0.2) is 5.78 Å². The first-order chi connectivity index (χ1) is 15.2. The fourth-order valence-corrected chi connectivity index (χ4v) is 5.25. The maximum Gasteiger partial charge on any atom is 0.163 e. The van der Waals surface area contributed by atoms with E-state index in [2.05, 4.69) is 33.8 Å². The molecule has 0 amide bonds. The van der Waals surface area contributed by atoms with Gasteiger partial charge in [-0.1, -0.05) is 71.9 Å². The van der Waals surface area contributed by atoms with Gasteiger partial charge in [0.2, 0.25) is 0 Å². The van der Waals surface area contributed by atoms with Gasteiger partial charge >= 0.3 is 0 Å². The van der Waals surface area contributed by atoms with E-state index in [1.807, 2.05) is 19.9 Å². The van der Waals surface area contributed by atoms with Crippen LogP contribution in [0.3, 0.4) is 0 Å².